The highest BCUT2D eigenvalue weighted by atomic mass is 16.5. The number of methoxy groups -OCH3 is 1. The first-order chi connectivity index (χ1) is 14.1. The topological polar surface area (TPSA) is 72.8 Å². The van der Waals surface area contributed by atoms with Crippen molar-refractivity contribution in [1.82, 2.24) is 14.8 Å². The third-order valence-corrected chi connectivity index (χ3v) is 5.77. The SMILES string of the molecule is COc1ccc(-n2cc(C(=O)NCC3(CN4CCOCC4)CC3)ccc2=O)cc1. The smallest absolute Gasteiger partial charge is 0.255 e. The van der Waals surface area contributed by atoms with Gasteiger partial charge in [-0.25, -0.2) is 0 Å². The van der Waals surface area contributed by atoms with E-state index in [2.05, 4.69) is 10.2 Å². The molecule has 0 spiro atoms. The first kappa shape index (κ1) is 19.7. The molecule has 1 saturated heterocycles. The summed E-state index contributed by atoms with van der Waals surface area (Å²) in [6.07, 6.45) is 3.87. The fourth-order valence-corrected chi connectivity index (χ4v) is 3.74. The van der Waals surface area contributed by atoms with Crippen molar-refractivity contribution in [2.75, 3.05) is 46.5 Å². The molecule has 7 heteroatoms. The van der Waals surface area contributed by atoms with Gasteiger partial charge >= 0.3 is 0 Å². The van der Waals surface area contributed by atoms with Gasteiger partial charge in [-0.05, 0) is 43.2 Å². The number of benzene rings is 1. The van der Waals surface area contributed by atoms with Gasteiger partial charge in [-0.1, -0.05) is 0 Å². The van der Waals surface area contributed by atoms with Crippen LogP contribution in [0, 0.1) is 5.41 Å². The average Bonchev–Trinajstić information content (AvgIpc) is 3.53. The van der Waals surface area contributed by atoms with E-state index in [-0.39, 0.29) is 16.9 Å². The molecule has 0 unspecified atom stereocenters. The number of nitrogens with zero attached hydrogens (tertiary/aromatic N) is 2. The van der Waals surface area contributed by atoms with E-state index in [0.29, 0.717) is 23.5 Å². The maximum atomic E-state index is 12.7. The normalized spacial score (nSPS) is 18.2. The van der Waals surface area contributed by atoms with E-state index in [4.69, 9.17) is 9.47 Å². The summed E-state index contributed by atoms with van der Waals surface area (Å²) in [6.45, 7) is 5.16. The van der Waals surface area contributed by atoms with Crippen molar-refractivity contribution >= 4 is 5.91 Å². The summed E-state index contributed by atoms with van der Waals surface area (Å²) in [5, 5.41) is 3.08. The fourth-order valence-electron chi connectivity index (χ4n) is 3.74. The quantitative estimate of drug-likeness (QED) is 0.770. The lowest BCUT2D eigenvalue weighted by Crippen LogP contribution is -2.43. The number of carbonyl (C=O) groups is 1. The molecule has 0 bridgehead atoms. The monoisotopic (exact) mass is 397 g/mol. The average molecular weight is 397 g/mol. The summed E-state index contributed by atoms with van der Waals surface area (Å²) in [4.78, 5) is 27.4. The van der Waals surface area contributed by atoms with Gasteiger partial charge in [0.15, 0.2) is 0 Å². The summed E-state index contributed by atoms with van der Waals surface area (Å²) in [5.74, 6) is 0.561. The van der Waals surface area contributed by atoms with Gasteiger partial charge in [0.25, 0.3) is 11.5 Å². The van der Waals surface area contributed by atoms with Gasteiger partial charge in [0.05, 0.1) is 25.9 Å². The number of hydrogen-bond donors (Lipinski definition) is 1. The van der Waals surface area contributed by atoms with Gasteiger partial charge in [-0.3, -0.25) is 19.1 Å². The molecule has 1 aliphatic carbocycles. The molecule has 2 fully saturated rings. The molecular weight excluding hydrogens is 370 g/mol. The van der Waals surface area contributed by atoms with Gasteiger partial charge in [0.2, 0.25) is 0 Å². The highest BCUT2D eigenvalue weighted by Gasteiger charge is 2.44. The molecule has 29 heavy (non-hydrogen) atoms. The Morgan fingerprint density at radius 3 is 2.52 bits per heavy atom. The number of nitrogens with one attached hydrogen (secondary N) is 1. The largest absolute Gasteiger partial charge is 0.497 e. The van der Waals surface area contributed by atoms with E-state index in [1.54, 1.807) is 43.6 Å². The number of carbonyl (C=O) groups excluding carboxylic acids is 1. The molecule has 2 aliphatic rings. The van der Waals surface area contributed by atoms with Gasteiger partial charge in [0, 0.05) is 49.5 Å². The van der Waals surface area contributed by atoms with Crippen LogP contribution in [0.25, 0.3) is 5.69 Å². The van der Waals surface area contributed by atoms with Gasteiger partial charge in [-0.15, -0.1) is 0 Å². The second-order valence-corrected chi connectivity index (χ2v) is 7.90. The van der Waals surface area contributed by atoms with Crippen molar-refractivity contribution in [3.63, 3.8) is 0 Å². The van der Waals surface area contributed by atoms with E-state index in [1.807, 2.05) is 0 Å². The van der Waals surface area contributed by atoms with Crippen molar-refractivity contribution in [1.29, 1.82) is 0 Å². The Labute approximate surface area is 170 Å². The molecule has 2 aromatic rings. The molecule has 2 heterocycles. The molecule has 4 rings (SSSR count). The number of rotatable bonds is 7. The van der Waals surface area contributed by atoms with E-state index in [9.17, 15) is 9.59 Å². The van der Waals surface area contributed by atoms with Crippen LogP contribution in [-0.4, -0.2) is 61.9 Å². The fraction of sp³-hybridized carbons (Fsp3) is 0.455. The van der Waals surface area contributed by atoms with Gasteiger partial charge < -0.3 is 14.8 Å². The minimum atomic E-state index is -0.183. The van der Waals surface area contributed by atoms with E-state index in [1.165, 1.54) is 10.6 Å². The summed E-state index contributed by atoms with van der Waals surface area (Å²) in [6, 6.07) is 10.2. The lowest BCUT2D eigenvalue weighted by Gasteiger charge is -2.30. The summed E-state index contributed by atoms with van der Waals surface area (Å²) in [7, 11) is 1.60. The standard InChI is InChI=1S/C22H27N3O4/c1-28-19-5-3-18(4-6-19)25-14-17(2-7-20(25)26)21(27)23-15-22(8-9-22)16-24-10-12-29-13-11-24/h2-7,14H,8-13,15-16H2,1H3,(H,23,27). The van der Waals surface area contributed by atoms with E-state index < -0.39 is 0 Å². The lowest BCUT2D eigenvalue weighted by molar-refractivity contribution is 0.0283. The molecule has 0 radical (unpaired) electrons. The number of amides is 1. The Hall–Kier alpha value is -2.64. The predicted molar refractivity (Wildman–Crippen MR) is 110 cm³/mol. The zero-order valence-corrected chi connectivity index (χ0v) is 16.7. The Morgan fingerprint density at radius 2 is 1.86 bits per heavy atom. The predicted octanol–water partition coefficient (Wildman–Crippen LogP) is 1.69. The molecule has 1 aromatic heterocycles. The van der Waals surface area contributed by atoms with Crippen molar-refractivity contribution in [2.45, 2.75) is 12.8 Å². The van der Waals surface area contributed by atoms with Crippen molar-refractivity contribution in [3.8, 4) is 11.4 Å². The lowest BCUT2D eigenvalue weighted by atomic mass is 10.1. The Kier molecular flexibility index (Phi) is 5.69. The van der Waals surface area contributed by atoms with Crippen LogP contribution in [0.2, 0.25) is 0 Å². The number of pyridine rings is 1. The first-order valence-corrected chi connectivity index (χ1v) is 10.0. The minimum absolute atomic E-state index is 0.152. The molecule has 1 N–H and O–H groups in total. The van der Waals surface area contributed by atoms with Crippen LogP contribution < -0.4 is 15.6 Å². The van der Waals surface area contributed by atoms with E-state index in [0.717, 1.165) is 45.7 Å². The summed E-state index contributed by atoms with van der Waals surface area (Å²) < 4.78 is 12.1. The van der Waals surface area contributed by atoms with E-state index >= 15 is 0 Å². The van der Waals surface area contributed by atoms with Crippen LogP contribution in [0.5, 0.6) is 5.75 Å². The van der Waals surface area contributed by atoms with Crippen LogP contribution >= 0.6 is 0 Å². The maximum absolute atomic E-state index is 12.7. The molecule has 1 aliphatic heterocycles. The summed E-state index contributed by atoms with van der Waals surface area (Å²) in [5.41, 5.74) is 1.16. The molecule has 1 amide bonds. The number of ether oxygens (including phenoxy) is 2. The molecular formula is C22H27N3O4. The Balaban J connectivity index is 1.41. The van der Waals surface area contributed by atoms with Gasteiger partial charge in [-0.2, -0.15) is 0 Å². The molecule has 0 atom stereocenters. The third-order valence-electron chi connectivity index (χ3n) is 5.77. The number of hydrogen-bond acceptors (Lipinski definition) is 5. The maximum Gasteiger partial charge on any atom is 0.255 e. The van der Waals surface area contributed by atoms with Crippen LogP contribution in [0.3, 0.4) is 0 Å². The minimum Gasteiger partial charge on any atom is -0.497 e. The third kappa shape index (κ3) is 4.68. The molecule has 1 saturated carbocycles. The molecule has 7 nitrogen and oxygen atoms in total. The van der Waals surface area contributed by atoms with Gasteiger partial charge in [0.1, 0.15) is 5.75 Å². The highest BCUT2D eigenvalue weighted by Crippen LogP contribution is 2.45. The van der Waals surface area contributed by atoms with Crippen molar-refractivity contribution in [2.24, 2.45) is 5.41 Å². The Bertz CT molecular complexity index is 912. The Morgan fingerprint density at radius 1 is 1.14 bits per heavy atom. The van der Waals surface area contributed by atoms with Crippen LogP contribution in [-0.2, 0) is 4.74 Å². The summed E-state index contributed by atoms with van der Waals surface area (Å²) >= 11 is 0. The highest BCUT2D eigenvalue weighted by molar-refractivity contribution is 5.94. The second kappa shape index (κ2) is 8.39. The van der Waals surface area contributed by atoms with Crippen molar-refractivity contribution < 1.29 is 14.3 Å². The van der Waals surface area contributed by atoms with Crippen LogP contribution in [0.1, 0.15) is 23.2 Å². The first-order valence-electron chi connectivity index (χ1n) is 10.0. The molecule has 154 valence electrons. The number of aromatic nitrogens is 1. The van der Waals surface area contributed by atoms with Crippen molar-refractivity contribution in [3.05, 3.63) is 58.5 Å². The zero-order chi connectivity index (χ0) is 20.3. The molecule has 1 aromatic carbocycles. The second-order valence-electron chi connectivity index (χ2n) is 7.90. The zero-order valence-electron chi connectivity index (χ0n) is 16.7. The van der Waals surface area contributed by atoms with Crippen LogP contribution in [0.4, 0.5) is 0 Å². The van der Waals surface area contributed by atoms with Crippen LogP contribution in [0.15, 0.2) is 47.4 Å². The number of morpholine rings is 1.